The molecule has 3 heterocycles. The predicted octanol–water partition coefficient (Wildman–Crippen LogP) is 3.53. The number of aromatic nitrogens is 2. The molecule has 0 aliphatic carbocycles. The first-order valence-electron chi connectivity index (χ1n) is 17.0. The lowest BCUT2D eigenvalue weighted by Gasteiger charge is -2.32. The Morgan fingerprint density at radius 1 is 0.878 bits per heavy atom. The van der Waals surface area contributed by atoms with Gasteiger partial charge >= 0.3 is 0 Å². The smallest absolute Gasteiger partial charge is 0.245 e. The third kappa shape index (κ3) is 9.07. The lowest BCUT2D eigenvalue weighted by atomic mass is 10.0. The number of unbranched alkanes of at least 4 members (excludes halogenated alkanes) is 1. The van der Waals surface area contributed by atoms with Crippen LogP contribution in [0.4, 0.5) is 0 Å². The summed E-state index contributed by atoms with van der Waals surface area (Å²) in [5.41, 5.74) is 16.5. The molecule has 1 aliphatic heterocycles. The number of aryl methyl sites for hydroxylation is 1. The van der Waals surface area contributed by atoms with Gasteiger partial charge in [-0.2, -0.15) is 0 Å². The Balaban J connectivity index is 1.55. The van der Waals surface area contributed by atoms with Crippen LogP contribution >= 0.6 is 11.8 Å². The van der Waals surface area contributed by atoms with Crippen LogP contribution in [0.15, 0.2) is 76.9 Å². The fourth-order valence-corrected chi connectivity index (χ4v) is 7.34. The largest absolute Gasteiger partial charge is 0.361 e. The van der Waals surface area contributed by atoms with Crippen LogP contribution in [0, 0.1) is 6.92 Å². The molecule has 4 aromatic rings. The van der Waals surface area contributed by atoms with Crippen LogP contribution in [0.2, 0.25) is 0 Å². The Labute approximate surface area is 292 Å². The Morgan fingerprint density at radius 2 is 1.65 bits per heavy atom. The highest BCUT2D eigenvalue weighted by atomic mass is 32.2. The molecule has 1 aliphatic rings. The molecule has 2 unspecified atom stereocenters. The average Bonchev–Trinajstić information content (AvgIpc) is 3.52. The minimum absolute atomic E-state index is 0.271. The highest BCUT2D eigenvalue weighted by Gasteiger charge is 2.34. The second-order valence-electron chi connectivity index (χ2n) is 12.6. The lowest BCUT2D eigenvalue weighted by molar-refractivity contribution is -0.142. The second kappa shape index (κ2) is 17.4. The first kappa shape index (κ1) is 36.1. The zero-order chi connectivity index (χ0) is 34.8. The van der Waals surface area contributed by atoms with Crippen molar-refractivity contribution in [2.24, 2.45) is 11.5 Å². The lowest BCUT2D eigenvalue weighted by Crippen LogP contribution is -2.57. The van der Waals surface area contributed by atoms with E-state index in [-0.39, 0.29) is 30.7 Å². The summed E-state index contributed by atoms with van der Waals surface area (Å²) in [4.78, 5) is 53.0. The van der Waals surface area contributed by atoms with Gasteiger partial charge in [0.2, 0.25) is 17.7 Å². The number of carbonyl (C=O) groups is 3. The summed E-state index contributed by atoms with van der Waals surface area (Å²) in [6.45, 7) is 3.62. The number of para-hydroxylation sites is 1. The van der Waals surface area contributed by atoms with Crippen LogP contribution < -0.4 is 27.4 Å². The summed E-state index contributed by atoms with van der Waals surface area (Å²) in [7, 11) is 1.65. The molecule has 0 saturated heterocycles. The van der Waals surface area contributed by atoms with Crippen molar-refractivity contribution in [3.05, 3.63) is 89.2 Å². The Morgan fingerprint density at radius 3 is 2.47 bits per heavy atom. The summed E-state index contributed by atoms with van der Waals surface area (Å²) in [6, 6.07) is 15.5. The van der Waals surface area contributed by atoms with E-state index in [9.17, 15) is 14.4 Å². The maximum Gasteiger partial charge on any atom is 0.245 e. The van der Waals surface area contributed by atoms with Gasteiger partial charge in [-0.1, -0.05) is 54.2 Å². The van der Waals surface area contributed by atoms with E-state index in [1.54, 1.807) is 25.0 Å². The summed E-state index contributed by atoms with van der Waals surface area (Å²) < 4.78 is 0. The molecular weight excluding hydrogens is 637 g/mol. The zero-order valence-corrected chi connectivity index (χ0v) is 29.2. The van der Waals surface area contributed by atoms with E-state index < -0.39 is 18.1 Å². The normalized spacial score (nSPS) is 19.6. The number of nitrogens with one attached hydrogen (secondary N) is 4. The average molecular weight is 685 g/mol. The van der Waals surface area contributed by atoms with Gasteiger partial charge in [0.25, 0.3) is 0 Å². The summed E-state index contributed by atoms with van der Waals surface area (Å²) in [5.74, 6) is -0.890. The van der Waals surface area contributed by atoms with Crippen molar-refractivity contribution in [3.8, 4) is 0 Å². The molecule has 0 fully saturated rings. The molecule has 0 radical (unpaired) electrons. The Kier molecular flexibility index (Phi) is 12.8. The van der Waals surface area contributed by atoms with Crippen molar-refractivity contribution >= 4 is 40.4 Å². The molecule has 0 saturated carbocycles. The number of nitrogens with two attached hydrogens (primary N) is 2. The number of carbonyl (C=O) groups excluding carboxylic acids is 3. The van der Waals surface area contributed by atoms with Gasteiger partial charge in [0, 0.05) is 54.8 Å². The standard InChI is InChI=1S/C37H48N8O3S/c1-24-10-7-11-25-21-43-35(47)32(20-27-23-41-29-14-4-3-13-28(27)29)45(2)37(48)31(15-5-6-17-38)44-34(46)30(16-8-18-39)42-22-26-12-9-19-40-36(26)49-33(24)25/h3-4,7,9-14,19,23,30-32,41-42H,5-6,8,15-18,20-22,38-39H2,1-2H3,(H,43,47)(H,44,46)/t30?,31?,32-/m0/s1. The maximum absolute atomic E-state index is 14.3. The minimum Gasteiger partial charge on any atom is -0.361 e. The molecule has 2 aromatic carbocycles. The Bertz CT molecular complexity index is 1740. The van der Waals surface area contributed by atoms with Crippen molar-refractivity contribution in [1.82, 2.24) is 30.8 Å². The highest BCUT2D eigenvalue weighted by Crippen LogP contribution is 2.34. The number of rotatable bonds is 9. The number of amides is 3. The third-order valence-electron chi connectivity index (χ3n) is 9.12. The fraction of sp³-hybridized carbons (Fsp3) is 0.405. The number of aromatic amines is 1. The van der Waals surface area contributed by atoms with E-state index in [2.05, 4.69) is 20.9 Å². The van der Waals surface area contributed by atoms with Crippen molar-refractivity contribution in [3.63, 3.8) is 0 Å². The summed E-state index contributed by atoms with van der Waals surface area (Å²) in [5, 5.41) is 11.4. The second-order valence-corrected chi connectivity index (χ2v) is 13.6. The topological polar surface area (TPSA) is 171 Å². The van der Waals surface area contributed by atoms with Gasteiger partial charge in [-0.15, -0.1) is 0 Å². The summed E-state index contributed by atoms with van der Waals surface area (Å²) >= 11 is 1.55. The molecule has 2 aromatic heterocycles. The quantitative estimate of drug-likeness (QED) is 0.145. The number of fused-ring (bicyclic) bond motifs is 3. The fourth-order valence-electron chi connectivity index (χ4n) is 6.26. The molecular formula is C37H48N8O3S. The number of H-pyrrole nitrogens is 1. The molecule has 0 bridgehead atoms. The van der Waals surface area contributed by atoms with E-state index >= 15 is 0 Å². The van der Waals surface area contributed by atoms with Crippen LogP contribution in [0.25, 0.3) is 10.9 Å². The Hall–Kier alpha value is -4.23. The zero-order valence-electron chi connectivity index (χ0n) is 28.3. The number of likely N-dealkylation sites (N-methyl/N-ethyl adjacent to an activating group) is 1. The first-order valence-corrected chi connectivity index (χ1v) is 17.9. The van der Waals surface area contributed by atoms with Gasteiger partial charge < -0.3 is 37.3 Å². The van der Waals surface area contributed by atoms with Gasteiger partial charge in [0.05, 0.1) is 6.04 Å². The number of nitrogens with zero attached hydrogens (tertiary/aromatic N) is 2. The van der Waals surface area contributed by atoms with E-state index in [4.69, 9.17) is 16.5 Å². The number of hydrogen-bond donors (Lipinski definition) is 6. The van der Waals surface area contributed by atoms with Gasteiger partial charge in [0.15, 0.2) is 0 Å². The van der Waals surface area contributed by atoms with E-state index in [0.717, 1.165) is 43.1 Å². The van der Waals surface area contributed by atoms with Crippen molar-refractivity contribution in [2.45, 2.75) is 86.6 Å². The van der Waals surface area contributed by atoms with Crippen LogP contribution in [-0.2, 0) is 33.9 Å². The van der Waals surface area contributed by atoms with Gasteiger partial charge in [-0.3, -0.25) is 14.4 Å². The molecule has 5 rings (SSSR count). The van der Waals surface area contributed by atoms with Crippen LogP contribution in [-0.4, -0.2) is 70.9 Å². The molecule has 49 heavy (non-hydrogen) atoms. The van der Waals surface area contributed by atoms with Crippen molar-refractivity contribution in [2.75, 3.05) is 20.1 Å². The van der Waals surface area contributed by atoms with Crippen LogP contribution in [0.1, 0.15) is 54.4 Å². The van der Waals surface area contributed by atoms with E-state index in [1.165, 1.54) is 4.90 Å². The maximum atomic E-state index is 14.3. The summed E-state index contributed by atoms with van der Waals surface area (Å²) in [6.07, 6.45) is 6.82. The van der Waals surface area contributed by atoms with Crippen molar-refractivity contribution < 1.29 is 14.4 Å². The van der Waals surface area contributed by atoms with Gasteiger partial charge in [0.1, 0.15) is 17.1 Å². The molecule has 260 valence electrons. The number of benzene rings is 2. The molecule has 12 heteroatoms. The monoisotopic (exact) mass is 684 g/mol. The molecule has 11 nitrogen and oxygen atoms in total. The first-order chi connectivity index (χ1) is 23.8. The SMILES string of the molecule is Cc1cccc2c1Sc1ncccc1CNC(CCCN)C(=O)NC(CCCCN)C(=O)N(C)[C@@H](Cc1c[nH]c3ccccc13)C(=O)NC2. The van der Waals surface area contributed by atoms with E-state index in [0.29, 0.717) is 51.7 Å². The predicted molar refractivity (Wildman–Crippen MR) is 194 cm³/mol. The highest BCUT2D eigenvalue weighted by molar-refractivity contribution is 7.99. The van der Waals surface area contributed by atoms with Gasteiger partial charge in [-0.25, -0.2) is 4.98 Å². The number of hydrogen-bond acceptors (Lipinski definition) is 8. The van der Waals surface area contributed by atoms with E-state index in [1.807, 2.05) is 67.7 Å². The van der Waals surface area contributed by atoms with Crippen LogP contribution in [0.5, 0.6) is 0 Å². The molecule has 0 spiro atoms. The third-order valence-corrected chi connectivity index (χ3v) is 10.5. The molecule has 3 amide bonds. The van der Waals surface area contributed by atoms with Crippen molar-refractivity contribution in [1.29, 1.82) is 0 Å². The van der Waals surface area contributed by atoms with Crippen LogP contribution in [0.3, 0.4) is 0 Å². The van der Waals surface area contributed by atoms with Gasteiger partial charge in [-0.05, 0) is 86.5 Å². The molecule has 8 N–H and O–H groups in total. The minimum atomic E-state index is -0.842. The number of pyridine rings is 1. The molecule has 3 atom stereocenters.